The average Bonchev–Trinajstić information content (AvgIpc) is 2.45. The molecule has 0 amide bonds. The number of rotatable bonds is 5. The van der Waals surface area contributed by atoms with Crippen LogP contribution in [0.15, 0.2) is 54.6 Å². The molecular formula is C18H22O4. The van der Waals surface area contributed by atoms with Crippen LogP contribution in [0, 0.1) is 0 Å². The van der Waals surface area contributed by atoms with Gasteiger partial charge in [-0.05, 0) is 26.3 Å². The number of carbonyl (C=O) groups excluding carboxylic acids is 2. The summed E-state index contributed by atoms with van der Waals surface area (Å²) in [5.41, 5.74) is 0.378. The Morgan fingerprint density at radius 3 is 1.95 bits per heavy atom. The zero-order valence-electron chi connectivity index (χ0n) is 13.5. The molecule has 118 valence electrons. The predicted molar refractivity (Wildman–Crippen MR) is 85.3 cm³/mol. The number of carbonyl (C=O) groups is 2. The second kappa shape index (κ2) is 7.07. The van der Waals surface area contributed by atoms with Crippen LogP contribution in [0.2, 0.25) is 0 Å². The summed E-state index contributed by atoms with van der Waals surface area (Å²) < 4.78 is 10.0. The minimum Gasteiger partial charge on any atom is -0.466 e. The Morgan fingerprint density at radius 2 is 1.50 bits per heavy atom. The minimum absolute atomic E-state index is 0.143. The Labute approximate surface area is 131 Å². The molecule has 0 heterocycles. The highest BCUT2D eigenvalue weighted by atomic mass is 16.6. The van der Waals surface area contributed by atoms with Gasteiger partial charge >= 0.3 is 11.9 Å². The van der Waals surface area contributed by atoms with E-state index in [1.807, 2.05) is 18.2 Å². The van der Waals surface area contributed by atoms with Crippen molar-refractivity contribution in [2.75, 3.05) is 7.11 Å². The number of methoxy groups -OCH3 is 1. The average molecular weight is 302 g/mol. The number of hydrogen-bond donors (Lipinski definition) is 0. The van der Waals surface area contributed by atoms with Crippen molar-refractivity contribution in [1.82, 2.24) is 0 Å². The van der Waals surface area contributed by atoms with Crippen LogP contribution < -0.4 is 0 Å². The zero-order valence-corrected chi connectivity index (χ0v) is 13.5. The summed E-state index contributed by atoms with van der Waals surface area (Å²) in [6.45, 7) is 12.9. The van der Waals surface area contributed by atoms with Gasteiger partial charge in [-0.15, -0.1) is 0 Å². The van der Waals surface area contributed by atoms with Gasteiger partial charge in [-0.3, -0.25) is 0 Å². The fourth-order valence-corrected chi connectivity index (χ4v) is 1.97. The Morgan fingerprint density at radius 1 is 1.00 bits per heavy atom. The van der Waals surface area contributed by atoms with Gasteiger partial charge in [0.05, 0.1) is 7.11 Å². The summed E-state index contributed by atoms with van der Waals surface area (Å²) >= 11 is 0. The van der Waals surface area contributed by atoms with E-state index in [-0.39, 0.29) is 11.1 Å². The van der Waals surface area contributed by atoms with Crippen molar-refractivity contribution in [1.29, 1.82) is 0 Å². The molecule has 0 spiro atoms. The number of ether oxygens (including phenoxy) is 2. The van der Waals surface area contributed by atoms with Gasteiger partial charge in [-0.1, -0.05) is 43.5 Å². The van der Waals surface area contributed by atoms with E-state index in [0.29, 0.717) is 0 Å². The van der Waals surface area contributed by atoms with E-state index in [9.17, 15) is 9.59 Å². The van der Waals surface area contributed by atoms with Gasteiger partial charge in [0.2, 0.25) is 0 Å². The molecule has 1 aromatic rings. The van der Waals surface area contributed by atoms with Gasteiger partial charge in [-0.2, -0.15) is 0 Å². The van der Waals surface area contributed by atoms with Crippen molar-refractivity contribution in [2.45, 2.75) is 32.3 Å². The Kier molecular flexibility index (Phi) is 5.69. The molecular weight excluding hydrogens is 280 g/mol. The topological polar surface area (TPSA) is 52.6 Å². The van der Waals surface area contributed by atoms with E-state index in [1.165, 1.54) is 7.11 Å². The van der Waals surface area contributed by atoms with E-state index < -0.39 is 23.5 Å². The highest BCUT2D eigenvalue weighted by molar-refractivity contribution is 5.97. The van der Waals surface area contributed by atoms with Crippen LogP contribution in [0.25, 0.3) is 0 Å². The monoisotopic (exact) mass is 302 g/mol. The molecule has 0 radical (unpaired) electrons. The smallest absolute Gasteiger partial charge is 0.334 e. The number of hydrogen-bond acceptors (Lipinski definition) is 4. The lowest BCUT2D eigenvalue weighted by atomic mass is 9.86. The zero-order chi connectivity index (χ0) is 16.9. The second-order valence-electron chi connectivity index (χ2n) is 5.89. The molecule has 0 aliphatic carbocycles. The molecule has 0 aliphatic rings. The molecule has 0 saturated heterocycles. The molecule has 0 fully saturated rings. The molecule has 0 unspecified atom stereocenters. The van der Waals surface area contributed by atoms with Gasteiger partial charge in [0, 0.05) is 17.1 Å². The van der Waals surface area contributed by atoms with Crippen LogP contribution in [0.1, 0.15) is 32.3 Å². The summed E-state index contributed by atoms with van der Waals surface area (Å²) in [4.78, 5) is 24.1. The van der Waals surface area contributed by atoms with Crippen LogP contribution in [0.5, 0.6) is 0 Å². The quantitative estimate of drug-likeness (QED) is 0.618. The van der Waals surface area contributed by atoms with E-state index in [0.717, 1.165) is 5.56 Å². The summed E-state index contributed by atoms with van der Waals surface area (Å²) in [6.07, 6.45) is 0. The van der Waals surface area contributed by atoms with Crippen LogP contribution in [0.3, 0.4) is 0 Å². The predicted octanol–water partition coefficient (Wildman–Crippen LogP) is 3.40. The summed E-state index contributed by atoms with van der Waals surface area (Å²) in [6, 6.07) is 9.07. The lowest BCUT2D eigenvalue weighted by Crippen LogP contribution is -2.27. The van der Waals surface area contributed by atoms with E-state index in [4.69, 9.17) is 9.47 Å². The third-order valence-electron chi connectivity index (χ3n) is 2.94. The Bertz CT molecular complexity index is 579. The van der Waals surface area contributed by atoms with E-state index in [1.54, 1.807) is 32.9 Å². The van der Waals surface area contributed by atoms with Crippen molar-refractivity contribution in [3.05, 3.63) is 60.2 Å². The molecule has 4 nitrogen and oxygen atoms in total. The third kappa shape index (κ3) is 4.58. The first kappa shape index (κ1) is 17.7. The van der Waals surface area contributed by atoms with E-state index in [2.05, 4.69) is 13.2 Å². The number of benzene rings is 1. The van der Waals surface area contributed by atoms with Gasteiger partial charge in [-0.25, -0.2) is 9.59 Å². The molecule has 0 bridgehead atoms. The van der Waals surface area contributed by atoms with Crippen molar-refractivity contribution < 1.29 is 19.1 Å². The van der Waals surface area contributed by atoms with Gasteiger partial charge in [0.15, 0.2) is 0 Å². The molecule has 0 aromatic heterocycles. The minimum atomic E-state index is -0.677. The van der Waals surface area contributed by atoms with Crippen molar-refractivity contribution in [3.63, 3.8) is 0 Å². The standard InChI is InChI=1S/C18H22O4/c1-12(16(19)21-6)15(14-10-8-7-9-11-14)13(2)17(20)22-18(3,4)5/h7-11,15H,1-2H2,3-6H3/t15-/m1/s1. The van der Waals surface area contributed by atoms with Crippen LogP contribution in [-0.4, -0.2) is 24.6 Å². The molecule has 0 saturated carbocycles. The SMILES string of the molecule is C=C(C(=O)OC)[C@H](C(=C)C(=O)OC(C)(C)C)c1ccccc1. The normalized spacial score (nSPS) is 12.2. The molecule has 1 atom stereocenters. The van der Waals surface area contributed by atoms with E-state index >= 15 is 0 Å². The van der Waals surface area contributed by atoms with Gasteiger partial charge in [0.25, 0.3) is 0 Å². The van der Waals surface area contributed by atoms with Crippen molar-refractivity contribution >= 4 is 11.9 Å². The maximum absolute atomic E-state index is 12.3. The Balaban J connectivity index is 3.16. The maximum atomic E-state index is 12.3. The molecule has 4 heteroatoms. The van der Waals surface area contributed by atoms with Crippen LogP contribution in [0.4, 0.5) is 0 Å². The summed E-state index contributed by atoms with van der Waals surface area (Å²) in [5.74, 6) is -1.83. The first-order valence-corrected chi connectivity index (χ1v) is 6.91. The first-order chi connectivity index (χ1) is 10.2. The molecule has 0 aliphatic heterocycles. The molecule has 1 aromatic carbocycles. The van der Waals surface area contributed by atoms with Crippen LogP contribution in [-0.2, 0) is 19.1 Å². The second-order valence-corrected chi connectivity index (χ2v) is 5.89. The molecule has 22 heavy (non-hydrogen) atoms. The molecule has 1 rings (SSSR count). The van der Waals surface area contributed by atoms with Gasteiger partial charge < -0.3 is 9.47 Å². The maximum Gasteiger partial charge on any atom is 0.334 e. The largest absolute Gasteiger partial charge is 0.466 e. The van der Waals surface area contributed by atoms with Gasteiger partial charge in [0.1, 0.15) is 5.60 Å². The summed E-state index contributed by atoms with van der Waals surface area (Å²) in [5, 5.41) is 0. The third-order valence-corrected chi connectivity index (χ3v) is 2.94. The van der Waals surface area contributed by atoms with Crippen molar-refractivity contribution in [2.24, 2.45) is 0 Å². The highest BCUT2D eigenvalue weighted by Gasteiger charge is 2.30. The number of esters is 2. The summed E-state index contributed by atoms with van der Waals surface area (Å²) in [7, 11) is 1.27. The van der Waals surface area contributed by atoms with Crippen molar-refractivity contribution in [3.8, 4) is 0 Å². The molecule has 0 N–H and O–H groups in total. The lowest BCUT2D eigenvalue weighted by molar-refractivity contribution is -0.150. The van der Waals surface area contributed by atoms with Crippen LogP contribution >= 0.6 is 0 Å². The highest BCUT2D eigenvalue weighted by Crippen LogP contribution is 2.32. The lowest BCUT2D eigenvalue weighted by Gasteiger charge is -2.24. The first-order valence-electron chi connectivity index (χ1n) is 6.91. The Hall–Kier alpha value is -2.36. The fourth-order valence-electron chi connectivity index (χ4n) is 1.97. The fraction of sp³-hybridized carbons (Fsp3) is 0.333.